The molecule has 3 unspecified atom stereocenters. The van der Waals surface area contributed by atoms with E-state index in [1.54, 1.807) is 6.92 Å². The Kier molecular flexibility index (Phi) is 5.21. The number of nitrogens with zero attached hydrogens (tertiary/aromatic N) is 2. The Bertz CT molecular complexity index is 362. The second-order valence-corrected chi connectivity index (χ2v) is 5.29. The second-order valence-electron chi connectivity index (χ2n) is 5.29. The van der Waals surface area contributed by atoms with Crippen molar-refractivity contribution in [3.8, 4) is 6.07 Å². The SMILES string of the molecule is CC(C#N)CN(C)C(=O)C1CCCCC1C(F)(F)F. The van der Waals surface area contributed by atoms with Crippen molar-refractivity contribution in [3.63, 3.8) is 0 Å². The van der Waals surface area contributed by atoms with Crippen molar-refractivity contribution in [1.29, 1.82) is 5.26 Å². The summed E-state index contributed by atoms with van der Waals surface area (Å²) in [6, 6.07) is 1.98. The standard InChI is InChI=1S/C13H19F3N2O/c1-9(7-17)8-18(2)12(19)10-5-3-4-6-11(10)13(14,15)16/h9-11H,3-6,8H2,1-2H3. The summed E-state index contributed by atoms with van der Waals surface area (Å²) in [5.41, 5.74) is 0. The highest BCUT2D eigenvalue weighted by atomic mass is 19.4. The van der Waals surface area contributed by atoms with E-state index < -0.39 is 23.9 Å². The van der Waals surface area contributed by atoms with Crippen LogP contribution in [0.2, 0.25) is 0 Å². The molecule has 0 bridgehead atoms. The predicted molar refractivity (Wildman–Crippen MR) is 63.9 cm³/mol. The minimum atomic E-state index is -4.32. The summed E-state index contributed by atoms with van der Waals surface area (Å²) in [5, 5.41) is 8.69. The van der Waals surface area contributed by atoms with Gasteiger partial charge < -0.3 is 4.90 Å². The van der Waals surface area contributed by atoms with Gasteiger partial charge >= 0.3 is 6.18 Å². The molecule has 1 aliphatic rings. The molecule has 0 heterocycles. The number of carbonyl (C=O) groups excluding carboxylic acids is 1. The molecular formula is C13H19F3N2O. The molecule has 0 aromatic carbocycles. The molecule has 1 amide bonds. The Morgan fingerprint density at radius 1 is 1.42 bits per heavy atom. The van der Waals surface area contributed by atoms with E-state index in [9.17, 15) is 18.0 Å². The molecule has 108 valence electrons. The Balaban J connectivity index is 2.75. The summed E-state index contributed by atoms with van der Waals surface area (Å²) in [6.45, 7) is 1.82. The Morgan fingerprint density at radius 3 is 2.53 bits per heavy atom. The van der Waals surface area contributed by atoms with Gasteiger partial charge in [0.05, 0.1) is 17.9 Å². The van der Waals surface area contributed by atoms with Crippen LogP contribution in [0.15, 0.2) is 0 Å². The summed E-state index contributed by atoms with van der Waals surface area (Å²) in [6.07, 6.45) is -2.82. The van der Waals surface area contributed by atoms with Crippen molar-refractivity contribution < 1.29 is 18.0 Å². The number of hydrogen-bond donors (Lipinski definition) is 0. The summed E-state index contributed by atoms with van der Waals surface area (Å²) in [4.78, 5) is 13.4. The fraction of sp³-hybridized carbons (Fsp3) is 0.846. The van der Waals surface area contributed by atoms with Gasteiger partial charge in [0.25, 0.3) is 0 Å². The maximum atomic E-state index is 12.9. The molecule has 6 heteroatoms. The van der Waals surface area contributed by atoms with E-state index in [1.807, 2.05) is 6.07 Å². The van der Waals surface area contributed by atoms with Crippen molar-refractivity contribution in [2.45, 2.75) is 38.8 Å². The van der Waals surface area contributed by atoms with Crippen LogP contribution in [-0.4, -0.2) is 30.6 Å². The topological polar surface area (TPSA) is 44.1 Å². The summed E-state index contributed by atoms with van der Waals surface area (Å²) >= 11 is 0. The molecule has 1 rings (SSSR count). The largest absolute Gasteiger partial charge is 0.392 e. The van der Waals surface area contributed by atoms with Crippen LogP contribution in [0.3, 0.4) is 0 Å². The minimum Gasteiger partial charge on any atom is -0.344 e. The van der Waals surface area contributed by atoms with Gasteiger partial charge in [-0.25, -0.2) is 0 Å². The zero-order valence-corrected chi connectivity index (χ0v) is 11.2. The van der Waals surface area contributed by atoms with Gasteiger partial charge in [-0.2, -0.15) is 18.4 Å². The zero-order chi connectivity index (χ0) is 14.6. The average Bonchev–Trinajstić information content (AvgIpc) is 2.36. The van der Waals surface area contributed by atoms with Crippen molar-refractivity contribution >= 4 is 5.91 Å². The first-order chi connectivity index (χ1) is 8.77. The summed E-state index contributed by atoms with van der Waals surface area (Å²) in [7, 11) is 1.47. The van der Waals surface area contributed by atoms with Crippen LogP contribution in [-0.2, 0) is 4.79 Å². The molecule has 0 aromatic rings. The lowest BCUT2D eigenvalue weighted by atomic mass is 9.78. The molecule has 1 saturated carbocycles. The quantitative estimate of drug-likeness (QED) is 0.795. The lowest BCUT2D eigenvalue weighted by Crippen LogP contribution is -2.44. The van der Waals surface area contributed by atoms with Crippen molar-refractivity contribution in [2.24, 2.45) is 17.8 Å². The number of halogens is 3. The van der Waals surface area contributed by atoms with Crippen LogP contribution in [0.5, 0.6) is 0 Å². The van der Waals surface area contributed by atoms with Crippen molar-refractivity contribution in [1.82, 2.24) is 4.90 Å². The smallest absolute Gasteiger partial charge is 0.344 e. The van der Waals surface area contributed by atoms with Crippen LogP contribution >= 0.6 is 0 Å². The fourth-order valence-corrected chi connectivity index (χ4v) is 2.64. The van der Waals surface area contributed by atoms with Crippen molar-refractivity contribution in [3.05, 3.63) is 0 Å². The number of hydrogen-bond acceptors (Lipinski definition) is 2. The molecule has 3 nitrogen and oxygen atoms in total. The Morgan fingerprint density at radius 2 is 2.00 bits per heavy atom. The maximum absolute atomic E-state index is 12.9. The van der Waals surface area contributed by atoms with Gasteiger partial charge in [0.1, 0.15) is 0 Å². The third kappa shape index (κ3) is 4.12. The third-order valence-electron chi connectivity index (χ3n) is 3.65. The predicted octanol–water partition coefficient (Wildman–Crippen LogP) is 2.97. The first-order valence-corrected chi connectivity index (χ1v) is 6.48. The Hall–Kier alpha value is -1.25. The van der Waals surface area contributed by atoms with E-state index in [-0.39, 0.29) is 25.3 Å². The number of nitriles is 1. The van der Waals surface area contributed by atoms with E-state index in [0.29, 0.717) is 12.8 Å². The van der Waals surface area contributed by atoms with Gasteiger partial charge in [-0.3, -0.25) is 4.79 Å². The van der Waals surface area contributed by atoms with Gasteiger partial charge in [-0.15, -0.1) is 0 Å². The van der Waals surface area contributed by atoms with Crippen LogP contribution in [0, 0.1) is 29.1 Å². The molecule has 1 fully saturated rings. The third-order valence-corrected chi connectivity index (χ3v) is 3.65. The molecule has 0 spiro atoms. The lowest BCUT2D eigenvalue weighted by molar-refractivity contribution is -0.200. The van der Waals surface area contributed by atoms with Crippen molar-refractivity contribution in [2.75, 3.05) is 13.6 Å². The minimum absolute atomic E-state index is 0.0293. The molecule has 0 aromatic heterocycles. The summed E-state index contributed by atoms with van der Waals surface area (Å²) in [5.74, 6) is -3.37. The fourth-order valence-electron chi connectivity index (χ4n) is 2.64. The zero-order valence-electron chi connectivity index (χ0n) is 11.2. The monoisotopic (exact) mass is 276 g/mol. The number of rotatable bonds is 3. The molecule has 1 aliphatic carbocycles. The van der Waals surface area contributed by atoms with Gasteiger partial charge in [-0.05, 0) is 19.8 Å². The van der Waals surface area contributed by atoms with Gasteiger partial charge in [0.15, 0.2) is 0 Å². The molecule has 3 atom stereocenters. The van der Waals surface area contributed by atoms with E-state index in [0.717, 1.165) is 0 Å². The highest BCUT2D eigenvalue weighted by Crippen LogP contribution is 2.42. The van der Waals surface area contributed by atoms with Gasteiger partial charge in [0, 0.05) is 19.5 Å². The Labute approximate surface area is 111 Å². The van der Waals surface area contributed by atoms with Crippen LogP contribution in [0.1, 0.15) is 32.6 Å². The molecule has 0 N–H and O–H groups in total. The molecule has 19 heavy (non-hydrogen) atoms. The highest BCUT2D eigenvalue weighted by Gasteiger charge is 2.48. The van der Waals surface area contributed by atoms with Gasteiger partial charge in [-0.1, -0.05) is 12.8 Å². The summed E-state index contributed by atoms with van der Waals surface area (Å²) < 4.78 is 38.8. The van der Waals surface area contributed by atoms with E-state index >= 15 is 0 Å². The second kappa shape index (κ2) is 6.27. The first kappa shape index (κ1) is 15.8. The number of alkyl halides is 3. The van der Waals surface area contributed by atoms with Crippen LogP contribution in [0.4, 0.5) is 13.2 Å². The number of carbonyl (C=O) groups is 1. The number of amides is 1. The van der Waals surface area contributed by atoms with E-state index in [4.69, 9.17) is 5.26 Å². The molecule has 0 radical (unpaired) electrons. The van der Waals surface area contributed by atoms with E-state index in [2.05, 4.69) is 0 Å². The normalized spacial score (nSPS) is 25.5. The molecule has 0 saturated heterocycles. The van der Waals surface area contributed by atoms with Crippen LogP contribution < -0.4 is 0 Å². The lowest BCUT2D eigenvalue weighted by Gasteiger charge is -2.34. The van der Waals surface area contributed by atoms with Gasteiger partial charge in [0.2, 0.25) is 5.91 Å². The highest BCUT2D eigenvalue weighted by molar-refractivity contribution is 5.79. The maximum Gasteiger partial charge on any atom is 0.392 e. The first-order valence-electron chi connectivity index (χ1n) is 6.48. The van der Waals surface area contributed by atoms with Crippen LogP contribution in [0.25, 0.3) is 0 Å². The molecule has 0 aliphatic heterocycles. The average molecular weight is 276 g/mol. The van der Waals surface area contributed by atoms with E-state index in [1.165, 1.54) is 11.9 Å². The molecular weight excluding hydrogens is 257 g/mol.